The lowest BCUT2D eigenvalue weighted by Crippen LogP contribution is -2.65. The van der Waals surface area contributed by atoms with Gasteiger partial charge in [-0.05, 0) is 18.5 Å². The highest BCUT2D eigenvalue weighted by Gasteiger charge is 2.63. The molecule has 0 aliphatic carbocycles. The van der Waals surface area contributed by atoms with Crippen LogP contribution in [0, 0.1) is 17.3 Å². The fourth-order valence-corrected chi connectivity index (χ4v) is 6.36. The van der Waals surface area contributed by atoms with Gasteiger partial charge in [-0.2, -0.15) is 8.42 Å². The number of β-lactam (4-membered cyclic amide) rings is 1. The third kappa shape index (κ3) is 5.06. The molecule has 2 aliphatic heterocycles. The number of aliphatic carboxylic acids is 1. The Morgan fingerprint density at radius 3 is 2.41 bits per heavy atom. The van der Waals surface area contributed by atoms with Crippen molar-refractivity contribution in [2.45, 2.75) is 50.5 Å². The molecule has 1 amide bonds. The molecule has 2 aliphatic rings. The molecule has 8 nitrogen and oxygen atoms in total. The van der Waals surface area contributed by atoms with Gasteiger partial charge >= 0.3 is 5.97 Å². The molecule has 2 unspecified atom stereocenters. The Kier molecular flexibility index (Phi) is 6.73. The largest absolute Gasteiger partial charge is 0.480 e. The van der Waals surface area contributed by atoms with Crippen LogP contribution < -0.4 is 0 Å². The number of thioether (sulfide) groups is 1. The molecule has 2 saturated heterocycles. The van der Waals surface area contributed by atoms with Crippen molar-refractivity contribution in [3.05, 3.63) is 0 Å². The summed E-state index contributed by atoms with van der Waals surface area (Å²) in [7, 11) is -4.95. The molecular weight excluding hydrogens is 410 g/mol. The standard InChI is InChI=1S/C16H29NO7S2Si/c1-16(2,3)9(7-24-27(5)6)11-13(18)17-12(15(19)20)10(25-14(11)17)8-23-26(4,21)22/h9-12,14,27H,7-8H2,1-6H3,(H,19,20)/t9-,10?,11+,12?,14-/m1/s1. The lowest BCUT2D eigenvalue weighted by atomic mass is 9.69. The van der Waals surface area contributed by atoms with E-state index in [4.69, 9.17) is 8.61 Å². The van der Waals surface area contributed by atoms with Crippen LogP contribution >= 0.6 is 11.8 Å². The number of hydrogen-bond donors (Lipinski definition) is 1. The van der Waals surface area contributed by atoms with Crippen LogP contribution in [0.3, 0.4) is 0 Å². The van der Waals surface area contributed by atoms with E-state index in [0.717, 1.165) is 6.26 Å². The minimum absolute atomic E-state index is 0.0438. The quantitative estimate of drug-likeness (QED) is 0.338. The van der Waals surface area contributed by atoms with E-state index in [-0.39, 0.29) is 35.1 Å². The molecule has 0 bridgehead atoms. The van der Waals surface area contributed by atoms with Gasteiger partial charge in [0.2, 0.25) is 5.91 Å². The van der Waals surface area contributed by atoms with E-state index in [1.807, 2.05) is 0 Å². The molecule has 27 heavy (non-hydrogen) atoms. The predicted molar refractivity (Wildman–Crippen MR) is 105 cm³/mol. The Bertz CT molecular complexity index is 691. The van der Waals surface area contributed by atoms with Crippen LogP contribution in [0.2, 0.25) is 13.1 Å². The van der Waals surface area contributed by atoms with Gasteiger partial charge in [-0.1, -0.05) is 20.8 Å². The average Bonchev–Trinajstić information content (AvgIpc) is 2.82. The van der Waals surface area contributed by atoms with Gasteiger partial charge in [0.05, 0.1) is 29.4 Å². The summed E-state index contributed by atoms with van der Waals surface area (Å²) in [5, 5.41) is 8.66. The van der Waals surface area contributed by atoms with Gasteiger partial charge in [0.25, 0.3) is 10.1 Å². The fourth-order valence-electron chi connectivity index (χ4n) is 3.55. The number of amides is 1. The highest BCUT2D eigenvalue weighted by atomic mass is 32.2. The molecule has 0 aromatic rings. The lowest BCUT2D eigenvalue weighted by molar-refractivity contribution is -0.168. The zero-order valence-corrected chi connectivity index (χ0v) is 19.3. The molecular formula is C16H29NO7S2Si. The van der Waals surface area contributed by atoms with Crippen LogP contribution in [0.4, 0.5) is 0 Å². The van der Waals surface area contributed by atoms with E-state index in [1.54, 1.807) is 0 Å². The van der Waals surface area contributed by atoms with Gasteiger partial charge in [0, 0.05) is 12.5 Å². The van der Waals surface area contributed by atoms with E-state index in [9.17, 15) is 23.1 Å². The molecule has 0 aromatic heterocycles. The first-order valence-electron chi connectivity index (χ1n) is 8.90. The summed E-state index contributed by atoms with van der Waals surface area (Å²) in [4.78, 5) is 26.0. The first-order chi connectivity index (χ1) is 12.2. The van der Waals surface area contributed by atoms with E-state index >= 15 is 0 Å². The van der Waals surface area contributed by atoms with Gasteiger partial charge < -0.3 is 14.4 Å². The first-order valence-corrected chi connectivity index (χ1v) is 14.4. The zero-order chi connectivity index (χ0) is 20.7. The van der Waals surface area contributed by atoms with Crippen molar-refractivity contribution in [2.24, 2.45) is 17.3 Å². The van der Waals surface area contributed by atoms with Gasteiger partial charge in [-0.3, -0.25) is 8.98 Å². The van der Waals surface area contributed by atoms with Crippen molar-refractivity contribution >= 4 is 42.8 Å². The topological polar surface area (TPSA) is 110 Å². The van der Waals surface area contributed by atoms with Crippen LogP contribution in [0.1, 0.15) is 20.8 Å². The van der Waals surface area contributed by atoms with Crippen LogP contribution in [0.25, 0.3) is 0 Å². The number of fused-ring (bicyclic) bond motifs is 1. The lowest BCUT2D eigenvalue weighted by Gasteiger charge is -2.50. The van der Waals surface area contributed by atoms with Gasteiger partial charge in [0.1, 0.15) is 6.04 Å². The second-order valence-electron chi connectivity index (χ2n) is 8.46. The van der Waals surface area contributed by atoms with Crippen molar-refractivity contribution in [3.8, 4) is 0 Å². The number of carboxylic acid groups (broad SMARTS) is 1. The van der Waals surface area contributed by atoms with Crippen LogP contribution in [0.15, 0.2) is 0 Å². The maximum atomic E-state index is 12.9. The number of carboxylic acids is 1. The normalized spacial score (nSPS) is 29.6. The number of carbonyl (C=O) groups excluding carboxylic acids is 1. The third-order valence-electron chi connectivity index (χ3n) is 4.94. The van der Waals surface area contributed by atoms with E-state index in [0.29, 0.717) is 6.61 Å². The zero-order valence-electron chi connectivity index (χ0n) is 16.5. The van der Waals surface area contributed by atoms with Crippen molar-refractivity contribution < 1.29 is 31.7 Å². The van der Waals surface area contributed by atoms with Gasteiger partial charge in [-0.25, -0.2) is 4.79 Å². The minimum atomic E-state index is -3.69. The van der Waals surface area contributed by atoms with Gasteiger partial charge in [0.15, 0.2) is 9.04 Å². The summed E-state index contributed by atoms with van der Waals surface area (Å²) in [5.41, 5.74) is -0.184. The van der Waals surface area contributed by atoms with Crippen molar-refractivity contribution in [1.29, 1.82) is 0 Å². The summed E-state index contributed by atoms with van der Waals surface area (Å²) in [6.45, 7) is 10.5. The van der Waals surface area contributed by atoms with E-state index in [2.05, 4.69) is 33.9 Å². The highest BCUT2D eigenvalue weighted by Crippen LogP contribution is 2.53. The van der Waals surface area contributed by atoms with Crippen molar-refractivity contribution in [2.75, 3.05) is 19.5 Å². The smallest absolute Gasteiger partial charge is 0.327 e. The van der Waals surface area contributed by atoms with E-state index < -0.39 is 36.4 Å². The number of nitrogens with zero attached hydrogens (tertiary/aromatic N) is 1. The molecule has 2 rings (SSSR count). The predicted octanol–water partition coefficient (Wildman–Crippen LogP) is 0.978. The Labute approximate surface area is 166 Å². The van der Waals surface area contributed by atoms with Crippen LogP contribution in [-0.4, -0.2) is 75.5 Å². The molecule has 156 valence electrons. The molecule has 5 atom stereocenters. The third-order valence-corrected chi connectivity index (χ3v) is 7.91. The molecule has 11 heteroatoms. The monoisotopic (exact) mass is 439 g/mol. The number of hydrogen-bond acceptors (Lipinski definition) is 7. The summed E-state index contributed by atoms with van der Waals surface area (Å²) < 4.78 is 33.3. The Hall–Kier alpha value is -0.623. The summed E-state index contributed by atoms with van der Waals surface area (Å²) >= 11 is 1.32. The molecule has 0 spiro atoms. The fraction of sp³-hybridized carbons (Fsp3) is 0.875. The minimum Gasteiger partial charge on any atom is -0.480 e. The molecule has 0 aromatic carbocycles. The van der Waals surface area contributed by atoms with Crippen molar-refractivity contribution in [1.82, 2.24) is 4.90 Å². The van der Waals surface area contributed by atoms with Crippen LogP contribution in [0.5, 0.6) is 0 Å². The van der Waals surface area contributed by atoms with Crippen LogP contribution in [-0.2, 0) is 28.3 Å². The molecule has 2 fully saturated rings. The second kappa shape index (κ2) is 8.01. The summed E-state index contributed by atoms with van der Waals surface area (Å²) in [6, 6.07) is -1.08. The molecule has 0 radical (unpaired) electrons. The second-order valence-corrected chi connectivity index (χ2v) is 13.9. The van der Waals surface area contributed by atoms with Crippen molar-refractivity contribution in [3.63, 3.8) is 0 Å². The Morgan fingerprint density at radius 1 is 1.37 bits per heavy atom. The SMILES string of the molecule is C[SiH](C)OC[C@H]([C@H]1C(=O)N2C(C(=O)O)C(COS(C)(=O)=O)S[C@H]12)C(C)(C)C. The summed E-state index contributed by atoms with van der Waals surface area (Å²) in [5.74, 6) is -1.72. The Morgan fingerprint density at radius 2 is 1.96 bits per heavy atom. The number of rotatable bonds is 8. The highest BCUT2D eigenvalue weighted by molar-refractivity contribution is 8.01. The van der Waals surface area contributed by atoms with Gasteiger partial charge in [-0.15, -0.1) is 11.8 Å². The molecule has 2 heterocycles. The Balaban J connectivity index is 2.21. The summed E-state index contributed by atoms with van der Waals surface area (Å²) in [6.07, 6.45) is 0.925. The van der Waals surface area contributed by atoms with E-state index in [1.165, 1.54) is 16.7 Å². The molecule has 0 saturated carbocycles. The average molecular weight is 440 g/mol. The maximum Gasteiger partial charge on any atom is 0.327 e. The first kappa shape index (κ1) is 22.7. The number of carbonyl (C=O) groups is 2. The maximum absolute atomic E-state index is 12.9. The molecule has 1 N–H and O–H groups in total.